The largest absolute Gasteiger partial charge is 0.417 e. The Bertz CT molecular complexity index is 1370. The Morgan fingerprint density at radius 2 is 1.89 bits per heavy atom. The molecule has 3 aromatic heterocycles. The lowest BCUT2D eigenvalue weighted by atomic mass is 9.98. The zero-order valence-corrected chi connectivity index (χ0v) is 21.0. The van der Waals surface area contributed by atoms with E-state index in [4.69, 9.17) is 4.98 Å². The fourth-order valence-electron chi connectivity index (χ4n) is 5.09. The van der Waals surface area contributed by atoms with Crippen LogP contribution >= 0.6 is 0 Å². The highest BCUT2D eigenvalue weighted by Gasteiger charge is 2.45. The number of halogens is 3. The van der Waals surface area contributed by atoms with Gasteiger partial charge in [-0.2, -0.15) is 13.2 Å². The molecule has 2 aliphatic rings. The number of pyridine rings is 1. The van der Waals surface area contributed by atoms with Gasteiger partial charge in [0.05, 0.1) is 18.0 Å². The molecule has 13 heteroatoms. The standard InChI is InChI=1S/C23H28F3N7O2S/c1-14-12-31(15(2)18(11-29-36(3,34)35)33(14)17-5-6-17)21-8-9-27-22(30-21)19-10-28-20-7-4-16(13-32(19)20)23(24,25)26/h4,7-10,13-15,17-18,29H,5-6,11-12H2,1-3H3/t14-,15-,18-/m0/s1. The molecule has 0 radical (unpaired) electrons. The van der Waals surface area contributed by atoms with Crippen molar-refractivity contribution in [1.29, 1.82) is 0 Å². The molecule has 0 aromatic carbocycles. The van der Waals surface area contributed by atoms with Crippen LogP contribution in [0.25, 0.3) is 17.2 Å². The molecule has 1 aliphatic carbocycles. The van der Waals surface area contributed by atoms with Gasteiger partial charge < -0.3 is 4.90 Å². The minimum atomic E-state index is -4.49. The summed E-state index contributed by atoms with van der Waals surface area (Å²) in [7, 11) is -3.36. The number of hydrogen-bond donors (Lipinski definition) is 1. The van der Waals surface area contributed by atoms with E-state index in [2.05, 4.69) is 31.4 Å². The van der Waals surface area contributed by atoms with Crippen LogP contribution in [-0.2, 0) is 16.2 Å². The quantitative estimate of drug-likeness (QED) is 0.531. The molecule has 1 aliphatic heterocycles. The van der Waals surface area contributed by atoms with E-state index in [-0.39, 0.29) is 30.5 Å². The zero-order chi connectivity index (χ0) is 25.8. The van der Waals surface area contributed by atoms with E-state index in [0.717, 1.165) is 31.4 Å². The fourth-order valence-corrected chi connectivity index (χ4v) is 5.57. The number of aromatic nitrogens is 4. The average molecular weight is 524 g/mol. The van der Waals surface area contributed by atoms with Gasteiger partial charge in [0.25, 0.3) is 0 Å². The minimum Gasteiger partial charge on any atom is -0.351 e. The SMILES string of the molecule is C[C@H]1[C@H](CNS(C)(=O)=O)N(C2CC2)[C@@H](C)CN1c1ccnc(-c2cnc3ccc(C(F)(F)F)cn23)n1. The molecular formula is C23H28F3N7O2S. The molecule has 194 valence electrons. The van der Waals surface area contributed by atoms with Gasteiger partial charge in [-0.1, -0.05) is 0 Å². The number of rotatable bonds is 6. The van der Waals surface area contributed by atoms with Crippen molar-refractivity contribution in [2.75, 3.05) is 24.2 Å². The van der Waals surface area contributed by atoms with Crippen molar-refractivity contribution in [1.82, 2.24) is 29.0 Å². The molecule has 1 saturated carbocycles. The second kappa shape index (κ2) is 8.96. The van der Waals surface area contributed by atoms with Crippen molar-refractivity contribution in [2.24, 2.45) is 0 Å². The summed E-state index contributed by atoms with van der Waals surface area (Å²) in [5.41, 5.74) is -0.0743. The topological polar surface area (TPSA) is 95.7 Å². The first-order valence-electron chi connectivity index (χ1n) is 11.8. The smallest absolute Gasteiger partial charge is 0.351 e. The Hall–Kier alpha value is -2.77. The van der Waals surface area contributed by atoms with Crippen molar-refractivity contribution >= 4 is 21.5 Å². The number of imidazole rings is 1. The third kappa shape index (κ3) is 4.91. The molecule has 36 heavy (non-hydrogen) atoms. The Kier molecular flexibility index (Phi) is 6.20. The van der Waals surface area contributed by atoms with E-state index in [1.165, 1.54) is 16.7 Å². The van der Waals surface area contributed by atoms with Gasteiger partial charge in [0.1, 0.15) is 17.2 Å². The summed E-state index contributed by atoms with van der Waals surface area (Å²) in [6, 6.07) is 4.54. The maximum absolute atomic E-state index is 13.3. The van der Waals surface area contributed by atoms with E-state index in [1.807, 2.05) is 6.92 Å². The molecule has 0 bridgehead atoms. The number of anilines is 1. The molecule has 9 nitrogen and oxygen atoms in total. The predicted octanol–water partition coefficient (Wildman–Crippen LogP) is 2.79. The predicted molar refractivity (Wildman–Crippen MR) is 129 cm³/mol. The maximum Gasteiger partial charge on any atom is 0.417 e. The summed E-state index contributed by atoms with van der Waals surface area (Å²) >= 11 is 0. The lowest BCUT2D eigenvalue weighted by Crippen LogP contribution is -2.66. The molecule has 0 spiro atoms. The highest BCUT2D eigenvalue weighted by atomic mass is 32.2. The Balaban J connectivity index is 1.48. The van der Waals surface area contributed by atoms with Crippen LogP contribution in [0.15, 0.2) is 36.8 Å². The number of sulfonamides is 1. The van der Waals surface area contributed by atoms with Crippen LogP contribution in [-0.4, -0.2) is 76.2 Å². The van der Waals surface area contributed by atoms with E-state index < -0.39 is 21.8 Å². The van der Waals surface area contributed by atoms with Crippen LogP contribution in [0.4, 0.5) is 19.0 Å². The first kappa shape index (κ1) is 24.9. The molecule has 3 atom stereocenters. The van der Waals surface area contributed by atoms with Crippen LogP contribution in [0.1, 0.15) is 32.3 Å². The summed E-state index contributed by atoms with van der Waals surface area (Å²) in [5, 5.41) is 0. The Labute approximate surface area is 207 Å². The first-order chi connectivity index (χ1) is 16.9. The van der Waals surface area contributed by atoms with Crippen LogP contribution in [0.3, 0.4) is 0 Å². The molecule has 0 amide bonds. The second-order valence-electron chi connectivity index (χ2n) is 9.63. The molecule has 4 heterocycles. The molecule has 5 rings (SSSR count). The number of nitrogens with one attached hydrogen (secondary N) is 1. The number of piperazine rings is 1. The van der Waals surface area contributed by atoms with Crippen molar-refractivity contribution in [3.8, 4) is 11.5 Å². The van der Waals surface area contributed by atoms with E-state index in [0.29, 0.717) is 29.7 Å². The molecule has 2 fully saturated rings. The number of alkyl halides is 3. The third-order valence-electron chi connectivity index (χ3n) is 6.92. The second-order valence-corrected chi connectivity index (χ2v) is 11.5. The van der Waals surface area contributed by atoms with Crippen molar-refractivity contribution < 1.29 is 21.6 Å². The molecular weight excluding hydrogens is 495 g/mol. The summed E-state index contributed by atoms with van der Waals surface area (Å²) < 4.78 is 67.5. The zero-order valence-electron chi connectivity index (χ0n) is 20.1. The fraction of sp³-hybridized carbons (Fsp3) is 0.522. The van der Waals surface area contributed by atoms with Crippen LogP contribution < -0.4 is 9.62 Å². The highest BCUT2D eigenvalue weighted by Crippen LogP contribution is 2.36. The van der Waals surface area contributed by atoms with Gasteiger partial charge in [-0.3, -0.25) is 9.30 Å². The van der Waals surface area contributed by atoms with Crippen LogP contribution in [0.2, 0.25) is 0 Å². The number of nitrogens with zero attached hydrogens (tertiary/aromatic N) is 6. The normalized spacial score (nSPS) is 23.9. The third-order valence-corrected chi connectivity index (χ3v) is 7.61. The molecule has 0 unspecified atom stereocenters. The Morgan fingerprint density at radius 3 is 2.56 bits per heavy atom. The molecule has 1 saturated heterocycles. The van der Waals surface area contributed by atoms with Crippen molar-refractivity contribution in [2.45, 2.75) is 57.0 Å². The summed E-state index contributed by atoms with van der Waals surface area (Å²) in [6.07, 6.45) is 2.90. The summed E-state index contributed by atoms with van der Waals surface area (Å²) in [4.78, 5) is 17.8. The first-order valence-corrected chi connectivity index (χ1v) is 13.7. The number of hydrogen-bond acceptors (Lipinski definition) is 7. The van der Waals surface area contributed by atoms with Crippen LogP contribution in [0.5, 0.6) is 0 Å². The van der Waals surface area contributed by atoms with Gasteiger partial charge >= 0.3 is 6.18 Å². The molecule has 3 aromatic rings. The monoisotopic (exact) mass is 523 g/mol. The van der Waals surface area contributed by atoms with Gasteiger partial charge in [0, 0.05) is 49.7 Å². The van der Waals surface area contributed by atoms with Gasteiger partial charge in [-0.05, 0) is 44.9 Å². The molecule has 1 N–H and O–H groups in total. The van der Waals surface area contributed by atoms with Crippen molar-refractivity contribution in [3.63, 3.8) is 0 Å². The van der Waals surface area contributed by atoms with Crippen molar-refractivity contribution in [3.05, 3.63) is 42.4 Å². The maximum atomic E-state index is 13.3. The summed E-state index contributed by atoms with van der Waals surface area (Å²) in [6.45, 7) is 5.12. The number of fused-ring (bicyclic) bond motifs is 1. The van der Waals surface area contributed by atoms with Gasteiger partial charge in [-0.25, -0.2) is 28.1 Å². The summed E-state index contributed by atoms with van der Waals surface area (Å²) in [5.74, 6) is 0.885. The minimum absolute atomic E-state index is 0.0699. The Morgan fingerprint density at radius 1 is 1.14 bits per heavy atom. The van der Waals surface area contributed by atoms with E-state index in [1.54, 1.807) is 12.3 Å². The van der Waals surface area contributed by atoms with Gasteiger partial charge in [-0.15, -0.1) is 0 Å². The van der Waals surface area contributed by atoms with E-state index >= 15 is 0 Å². The highest BCUT2D eigenvalue weighted by molar-refractivity contribution is 7.88. The average Bonchev–Trinajstić information content (AvgIpc) is 3.55. The van der Waals surface area contributed by atoms with E-state index in [9.17, 15) is 21.6 Å². The van der Waals surface area contributed by atoms with Gasteiger partial charge in [0.15, 0.2) is 5.82 Å². The van der Waals surface area contributed by atoms with Crippen LogP contribution in [0, 0.1) is 0 Å². The lowest BCUT2D eigenvalue weighted by molar-refractivity contribution is -0.137. The lowest BCUT2D eigenvalue weighted by Gasteiger charge is -2.50. The van der Waals surface area contributed by atoms with Gasteiger partial charge in [0.2, 0.25) is 10.0 Å².